The molecule has 6 nitrogen and oxygen atoms in total. The van der Waals surface area contributed by atoms with Crippen LogP contribution in [0.5, 0.6) is 0 Å². The van der Waals surface area contributed by atoms with Crippen LogP contribution < -0.4 is 10.7 Å². The molecule has 3 rings (SSSR count). The van der Waals surface area contributed by atoms with Gasteiger partial charge in [0.1, 0.15) is 12.1 Å². The number of nitrogens with zero attached hydrogens (tertiary/aromatic N) is 2. The lowest BCUT2D eigenvalue weighted by molar-refractivity contribution is -0.111. The lowest BCUT2D eigenvalue weighted by atomic mass is 10.2. The summed E-state index contributed by atoms with van der Waals surface area (Å²) in [5.74, 6) is 0.909. The number of anilines is 1. The number of carbonyl (C=O) groups is 2. The molecule has 1 aromatic carbocycles. The van der Waals surface area contributed by atoms with E-state index in [1.165, 1.54) is 11.8 Å². The zero-order valence-corrected chi connectivity index (χ0v) is 13.8. The third-order valence-electron chi connectivity index (χ3n) is 3.88. The van der Waals surface area contributed by atoms with Crippen molar-refractivity contribution in [1.29, 1.82) is 0 Å². The molecule has 1 fully saturated rings. The SMILES string of the molecule is CC(=O)S[C@H]1C[C@@H](C=O)N(Nc2cccc(C3=NCCN3)c2)C1. The van der Waals surface area contributed by atoms with E-state index >= 15 is 0 Å². The maximum atomic E-state index is 11.3. The van der Waals surface area contributed by atoms with Crippen LogP contribution in [0.4, 0.5) is 5.69 Å². The number of hydrogen-bond donors (Lipinski definition) is 2. The zero-order valence-electron chi connectivity index (χ0n) is 13.0. The highest BCUT2D eigenvalue weighted by atomic mass is 32.2. The minimum Gasteiger partial charge on any atom is -0.368 e. The summed E-state index contributed by atoms with van der Waals surface area (Å²) in [4.78, 5) is 27.0. The quantitative estimate of drug-likeness (QED) is 0.792. The van der Waals surface area contributed by atoms with Crippen LogP contribution in [0.15, 0.2) is 29.3 Å². The van der Waals surface area contributed by atoms with Crippen molar-refractivity contribution in [2.45, 2.75) is 24.6 Å². The van der Waals surface area contributed by atoms with E-state index < -0.39 is 0 Å². The van der Waals surface area contributed by atoms with Gasteiger partial charge in [-0.15, -0.1) is 0 Å². The number of aliphatic imine (C=N–C) groups is 1. The van der Waals surface area contributed by atoms with Gasteiger partial charge in [0.25, 0.3) is 0 Å². The minimum absolute atomic E-state index is 0.0915. The molecule has 122 valence electrons. The normalized spacial score (nSPS) is 24.1. The molecule has 7 heteroatoms. The summed E-state index contributed by atoms with van der Waals surface area (Å²) in [6.45, 7) is 3.90. The van der Waals surface area contributed by atoms with Crippen molar-refractivity contribution in [3.05, 3.63) is 29.8 Å². The molecule has 23 heavy (non-hydrogen) atoms. The van der Waals surface area contributed by atoms with Gasteiger partial charge in [0.15, 0.2) is 5.12 Å². The van der Waals surface area contributed by atoms with Gasteiger partial charge in [-0.05, 0) is 18.6 Å². The van der Waals surface area contributed by atoms with Gasteiger partial charge < -0.3 is 15.5 Å². The summed E-state index contributed by atoms with van der Waals surface area (Å²) in [5.41, 5.74) is 5.25. The average molecular weight is 332 g/mol. The molecule has 0 bridgehead atoms. The Kier molecular flexibility index (Phi) is 4.97. The van der Waals surface area contributed by atoms with Crippen LogP contribution in [0.1, 0.15) is 18.9 Å². The molecule has 0 aromatic heterocycles. The average Bonchev–Trinajstić information content (AvgIpc) is 3.17. The third-order valence-corrected chi connectivity index (χ3v) is 4.88. The number of rotatable bonds is 5. The lowest BCUT2D eigenvalue weighted by Crippen LogP contribution is -2.36. The highest BCUT2D eigenvalue weighted by Gasteiger charge is 2.33. The van der Waals surface area contributed by atoms with Gasteiger partial charge in [-0.2, -0.15) is 0 Å². The molecular formula is C16H20N4O2S. The second-order valence-electron chi connectivity index (χ2n) is 5.67. The first-order valence-electron chi connectivity index (χ1n) is 7.70. The molecule has 2 N–H and O–H groups in total. The van der Waals surface area contributed by atoms with Crippen LogP contribution in [0.3, 0.4) is 0 Å². The fourth-order valence-corrected chi connectivity index (χ4v) is 3.89. The number of amidine groups is 1. The predicted octanol–water partition coefficient (Wildman–Crippen LogP) is 1.28. The van der Waals surface area contributed by atoms with E-state index in [-0.39, 0.29) is 16.4 Å². The third kappa shape index (κ3) is 3.92. The number of hydrazine groups is 1. The standard InChI is InChI=1S/C16H20N4O2S/c1-11(22)23-15-8-14(10-21)20(9-15)19-13-4-2-3-12(7-13)16-17-5-6-18-16/h2-4,7,10,14-15,19H,5-6,8-9H2,1H3,(H,17,18)/t14-,15-/m0/s1. The molecule has 1 aromatic rings. The fraction of sp³-hybridized carbons (Fsp3) is 0.438. The summed E-state index contributed by atoms with van der Waals surface area (Å²) in [6.07, 6.45) is 1.63. The number of carbonyl (C=O) groups excluding carboxylic acids is 2. The maximum Gasteiger partial charge on any atom is 0.186 e. The van der Waals surface area contributed by atoms with E-state index in [0.717, 1.165) is 36.5 Å². The van der Waals surface area contributed by atoms with Gasteiger partial charge in [0, 0.05) is 36.5 Å². The highest BCUT2D eigenvalue weighted by Crippen LogP contribution is 2.27. The molecule has 2 atom stereocenters. The monoisotopic (exact) mass is 332 g/mol. The Labute approximate surface area is 139 Å². The first-order chi connectivity index (χ1) is 11.2. The Balaban J connectivity index is 1.69. The predicted molar refractivity (Wildman–Crippen MR) is 92.7 cm³/mol. The Morgan fingerprint density at radius 2 is 2.39 bits per heavy atom. The van der Waals surface area contributed by atoms with Crippen LogP contribution in [0.2, 0.25) is 0 Å². The van der Waals surface area contributed by atoms with Crippen molar-refractivity contribution in [2.75, 3.05) is 25.1 Å². The maximum absolute atomic E-state index is 11.3. The molecule has 0 unspecified atom stereocenters. The molecule has 0 aliphatic carbocycles. The number of aldehydes is 1. The molecule has 0 amide bonds. The lowest BCUT2D eigenvalue weighted by Gasteiger charge is -2.22. The highest BCUT2D eigenvalue weighted by molar-refractivity contribution is 8.14. The molecule has 0 spiro atoms. The van der Waals surface area contributed by atoms with Gasteiger partial charge >= 0.3 is 0 Å². The van der Waals surface area contributed by atoms with Gasteiger partial charge in [0.2, 0.25) is 0 Å². The summed E-state index contributed by atoms with van der Waals surface area (Å²) in [5, 5.41) is 5.41. The van der Waals surface area contributed by atoms with Crippen molar-refractivity contribution in [2.24, 2.45) is 4.99 Å². The Hall–Kier alpha value is -1.86. The van der Waals surface area contributed by atoms with Crippen LogP contribution in [-0.4, -0.2) is 53.2 Å². The van der Waals surface area contributed by atoms with Crippen LogP contribution in [-0.2, 0) is 9.59 Å². The van der Waals surface area contributed by atoms with Gasteiger partial charge in [-0.3, -0.25) is 9.79 Å². The number of thioether (sulfide) groups is 1. The van der Waals surface area contributed by atoms with Gasteiger partial charge in [0.05, 0.1) is 12.6 Å². The van der Waals surface area contributed by atoms with E-state index in [0.29, 0.717) is 13.0 Å². The number of hydrogen-bond acceptors (Lipinski definition) is 7. The largest absolute Gasteiger partial charge is 0.368 e. The molecule has 2 aliphatic rings. The second-order valence-corrected chi connectivity index (χ2v) is 7.15. The van der Waals surface area contributed by atoms with Crippen molar-refractivity contribution in [1.82, 2.24) is 10.3 Å². The van der Waals surface area contributed by atoms with Crippen molar-refractivity contribution in [3.8, 4) is 0 Å². The summed E-state index contributed by atoms with van der Waals surface area (Å²) < 4.78 is 0. The molecule has 2 aliphatic heterocycles. The molecule has 0 saturated carbocycles. The number of benzene rings is 1. The fourth-order valence-electron chi connectivity index (χ4n) is 2.90. The van der Waals surface area contributed by atoms with E-state index in [4.69, 9.17) is 0 Å². The second kappa shape index (κ2) is 7.14. The molecule has 1 saturated heterocycles. The van der Waals surface area contributed by atoms with E-state index in [2.05, 4.69) is 15.7 Å². The van der Waals surface area contributed by atoms with E-state index in [1.54, 1.807) is 6.92 Å². The molecular weight excluding hydrogens is 312 g/mol. The van der Waals surface area contributed by atoms with Gasteiger partial charge in [-0.25, -0.2) is 5.01 Å². The Morgan fingerprint density at radius 1 is 1.52 bits per heavy atom. The van der Waals surface area contributed by atoms with E-state index in [9.17, 15) is 9.59 Å². The number of nitrogens with one attached hydrogen (secondary N) is 2. The first-order valence-corrected chi connectivity index (χ1v) is 8.58. The Morgan fingerprint density at radius 3 is 3.09 bits per heavy atom. The summed E-state index contributed by atoms with van der Waals surface area (Å²) >= 11 is 1.31. The zero-order chi connectivity index (χ0) is 16.2. The van der Waals surface area contributed by atoms with Crippen LogP contribution in [0.25, 0.3) is 0 Å². The Bertz CT molecular complexity index is 634. The first kappa shape index (κ1) is 16.0. The van der Waals surface area contributed by atoms with E-state index in [1.807, 2.05) is 29.3 Å². The smallest absolute Gasteiger partial charge is 0.186 e. The van der Waals surface area contributed by atoms with Gasteiger partial charge in [-0.1, -0.05) is 23.9 Å². The van der Waals surface area contributed by atoms with Crippen molar-refractivity contribution in [3.63, 3.8) is 0 Å². The molecule has 0 radical (unpaired) electrons. The van der Waals surface area contributed by atoms with Crippen LogP contribution >= 0.6 is 11.8 Å². The summed E-state index contributed by atoms with van der Waals surface area (Å²) in [6, 6.07) is 7.75. The molecule has 2 heterocycles. The topological polar surface area (TPSA) is 73.8 Å². The minimum atomic E-state index is -0.211. The summed E-state index contributed by atoms with van der Waals surface area (Å²) in [7, 11) is 0. The van der Waals surface area contributed by atoms with Crippen LogP contribution in [0, 0.1) is 0 Å². The van der Waals surface area contributed by atoms with Crippen molar-refractivity contribution < 1.29 is 9.59 Å². The van der Waals surface area contributed by atoms with Crippen molar-refractivity contribution >= 4 is 34.7 Å².